The summed E-state index contributed by atoms with van der Waals surface area (Å²) in [6.07, 6.45) is -2.81. The first-order chi connectivity index (χ1) is 4.38. The number of halogens is 5. The Kier molecular flexibility index (Phi) is 1.28. The Balaban J connectivity index is 2.94. The number of allylic oxidation sites excluding steroid dienone is 2. The number of hydrogen-bond acceptors (Lipinski definition) is 0. The second kappa shape index (κ2) is 1.71. The Morgan fingerprint density at radius 2 is 1.60 bits per heavy atom. The predicted octanol–water partition coefficient (Wildman–Crippen LogP) is 2.16. The van der Waals surface area contributed by atoms with Gasteiger partial charge >= 0.3 is 11.8 Å². The summed E-state index contributed by atoms with van der Waals surface area (Å²) in [5.74, 6) is -8.89. The fourth-order valence-corrected chi connectivity index (χ4v) is 0.621. The Morgan fingerprint density at radius 1 is 1.10 bits per heavy atom. The molecule has 1 aliphatic carbocycles. The van der Waals surface area contributed by atoms with Crippen molar-refractivity contribution >= 4 is 0 Å². The minimum Gasteiger partial charge on any atom is -0.236 e. The van der Waals surface area contributed by atoms with Gasteiger partial charge in [0.25, 0.3) is 0 Å². The van der Waals surface area contributed by atoms with Crippen LogP contribution in [0, 0.1) is 0 Å². The van der Waals surface area contributed by atoms with Crippen molar-refractivity contribution in [2.75, 3.05) is 0 Å². The van der Waals surface area contributed by atoms with E-state index in [1.807, 2.05) is 0 Å². The van der Waals surface area contributed by atoms with E-state index < -0.39 is 18.0 Å². The summed E-state index contributed by atoms with van der Waals surface area (Å²) in [7, 11) is 0. The monoisotopic (exact) mass is 158 g/mol. The summed E-state index contributed by atoms with van der Waals surface area (Å²) in [5, 5.41) is 0. The van der Waals surface area contributed by atoms with Crippen LogP contribution in [-0.2, 0) is 0 Å². The second-order valence-corrected chi connectivity index (χ2v) is 2.01. The van der Waals surface area contributed by atoms with Crippen molar-refractivity contribution in [2.24, 2.45) is 0 Å². The molecule has 0 saturated carbocycles. The van der Waals surface area contributed by atoms with Crippen molar-refractivity contribution in [3.8, 4) is 0 Å². The molecule has 0 aliphatic heterocycles. The Hall–Kier alpha value is -0.610. The highest BCUT2D eigenvalue weighted by atomic mass is 19.3. The highest BCUT2D eigenvalue weighted by Gasteiger charge is 2.63. The molecule has 0 N–H and O–H groups in total. The van der Waals surface area contributed by atoms with Crippen LogP contribution >= 0.6 is 0 Å². The molecule has 1 aliphatic rings. The van der Waals surface area contributed by atoms with Gasteiger partial charge in [0.15, 0.2) is 6.17 Å². The SMILES string of the molecule is FC1C=CC(F)(F)C1(F)F. The molecule has 0 aromatic rings. The van der Waals surface area contributed by atoms with Crippen LogP contribution in [0.1, 0.15) is 0 Å². The Bertz CT molecular complexity index is 171. The molecule has 10 heavy (non-hydrogen) atoms. The molecule has 0 nitrogen and oxygen atoms in total. The predicted molar refractivity (Wildman–Crippen MR) is 23.9 cm³/mol. The van der Waals surface area contributed by atoms with Crippen LogP contribution in [0.5, 0.6) is 0 Å². The molecular formula is C5H3F5. The van der Waals surface area contributed by atoms with Crippen LogP contribution in [-0.4, -0.2) is 18.0 Å². The minimum absolute atomic E-state index is 0.113. The molecule has 1 atom stereocenters. The van der Waals surface area contributed by atoms with E-state index in [9.17, 15) is 22.0 Å². The van der Waals surface area contributed by atoms with Crippen molar-refractivity contribution in [3.63, 3.8) is 0 Å². The first kappa shape index (κ1) is 7.50. The van der Waals surface area contributed by atoms with Gasteiger partial charge in [0.05, 0.1) is 0 Å². The van der Waals surface area contributed by atoms with Crippen molar-refractivity contribution in [1.29, 1.82) is 0 Å². The van der Waals surface area contributed by atoms with Gasteiger partial charge < -0.3 is 0 Å². The van der Waals surface area contributed by atoms with Gasteiger partial charge in [0.2, 0.25) is 0 Å². The fourth-order valence-electron chi connectivity index (χ4n) is 0.621. The zero-order chi connectivity index (χ0) is 7.99. The molecule has 5 heteroatoms. The molecule has 0 aromatic heterocycles. The van der Waals surface area contributed by atoms with E-state index in [-0.39, 0.29) is 12.2 Å². The molecule has 1 unspecified atom stereocenters. The third kappa shape index (κ3) is 0.726. The number of alkyl halides is 5. The summed E-state index contributed by atoms with van der Waals surface area (Å²) in [4.78, 5) is 0. The van der Waals surface area contributed by atoms with Gasteiger partial charge in [-0.15, -0.1) is 0 Å². The third-order valence-electron chi connectivity index (χ3n) is 1.27. The number of rotatable bonds is 0. The lowest BCUT2D eigenvalue weighted by Gasteiger charge is -2.18. The smallest absolute Gasteiger partial charge is 0.236 e. The van der Waals surface area contributed by atoms with E-state index in [4.69, 9.17) is 0 Å². The first-order valence-corrected chi connectivity index (χ1v) is 2.47. The molecule has 0 heterocycles. The van der Waals surface area contributed by atoms with Gasteiger partial charge in [-0.25, -0.2) is 4.39 Å². The van der Waals surface area contributed by atoms with Crippen molar-refractivity contribution in [2.45, 2.75) is 18.0 Å². The maximum absolute atomic E-state index is 11.9. The summed E-state index contributed by atoms with van der Waals surface area (Å²) in [5.41, 5.74) is 0. The highest BCUT2D eigenvalue weighted by molar-refractivity contribution is 5.18. The molecule has 1 rings (SSSR count). The lowest BCUT2D eigenvalue weighted by Crippen LogP contribution is -2.41. The zero-order valence-corrected chi connectivity index (χ0v) is 4.62. The van der Waals surface area contributed by atoms with Gasteiger partial charge in [0.1, 0.15) is 0 Å². The van der Waals surface area contributed by atoms with Gasteiger partial charge in [-0.3, -0.25) is 0 Å². The van der Waals surface area contributed by atoms with Gasteiger partial charge in [-0.05, 0) is 12.2 Å². The van der Waals surface area contributed by atoms with E-state index in [0.29, 0.717) is 0 Å². The number of hydrogen-bond donors (Lipinski definition) is 0. The topological polar surface area (TPSA) is 0 Å². The largest absolute Gasteiger partial charge is 0.347 e. The molecule has 0 saturated heterocycles. The Labute approximate surface area is 53.3 Å². The van der Waals surface area contributed by atoms with E-state index in [1.165, 1.54) is 0 Å². The van der Waals surface area contributed by atoms with E-state index >= 15 is 0 Å². The third-order valence-corrected chi connectivity index (χ3v) is 1.27. The highest BCUT2D eigenvalue weighted by Crippen LogP contribution is 2.44. The summed E-state index contributed by atoms with van der Waals surface area (Å²) in [6, 6.07) is 0. The normalized spacial score (nSPS) is 34.7. The average molecular weight is 158 g/mol. The van der Waals surface area contributed by atoms with Gasteiger partial charge in [0, 0.05) is 0 Å². The lowest BCUT2D eigenvalue weighted by atomic mass is 10.2. The van der Waals surface area contributed by atoms with Crippen LogP contribution in [0.3, 0.4) is 0 Å². The summed E-state index contributed by atoms with van der Waals surface area (Å²) < 4.78 is 59.5. The minimum atomic E-state index is -4.56. The standard InChI is InChI=1S/C5H3F5/c6-3-1-2-4(7,8)5(3,9)10/h1-3H. The zero-order valence-electron chi connectivity index (χ0n) is 4.62. The maximum Gasteiger partial charge on any atom is 0.347 e. The lowest BCUT2D eigenvalue weighted by molar-refractivity contribution is -0.192. The molecule has 0 fully saturated rings. The first-order valence-electron chi connectivity index (χ1n) is 2.47. The molecular weight excluding hydrogens is 155 g/mol. The van der Waals surface area contributed by atoms with E-state index in [1.54, 1.807) is 0 Å². The van der Waals surface area contributed by atoms with Crippen LogP contribution in [0.2, 0.25) is 0 Å². The summed E-state index contributed by atoms with van der Waals surface area (Å²) in [6.45, 7) is 0. The quantitative estimate of drug-likeness (QED) is 0.374. The summed E-state index contributed by atoms with van der Waals surface area (Å²) >= 11 is 0. The molecule has 58 valence electrons. The molecule has 0 amide bonds. The maximum atomic E-state index is 11.9. The van der Waals surface area contributed by atoms with E-state index in [0.717, 1.165) is 0 Å². The average Bonchev–Trinajstić information content (AvgIpc) is 1.94. The van der Waals surface area contributed by atoms with Gasteiger partial charge in [-0.1, -0.05) is 0 Å². The van der Waals surface area contributed by atoms with Crippen molar-refractivity contribution in [1.82, 2.24) is 0 Å². The van der Waals surface area contributed by atoms with E-state index in [2.05, 4.69) is 0 Å². The van der Waals surface area contributed by atoms with Crippen LogP contribution in [0.25, 0.3) is 0 Å². The van der Waals surface area contributed by atoms with Crippen molar-refractivity contribution < 1.29 is 22.0 Å². The van der Waals surface area contributed by atoms with Crippen LogP contribution in [0.15, 0.2) is 12.2 Å². The molecule has 0 bridgehead atoms. The molecule has 0 radical (unpaired) electrons. The Morgan fingerprint density at radius 3 is 1.70 bits per heavy atom. The van der Waals surface area contributed by atoms with Crippen molar-refractivity contribution in [3.05, 3.63) is 12.2 Å². The molecule has 0 spiro atoms. The fraction of sp³-hybridized carbons (Fsp3) is 0.600. The van der Waals surface area contributed by atoms with Gasteiger partial charge in [-0.2, -0.15) is 17.6 Å². The van der Waals surface area contributed by atoms with Crippen LogP contribution in [0.4, 0.5) is 22.0 Å². The molecule has 0 aromatic carbocycles. The second-order valence-electron chi connectivity index (χ2n) is 2.01. The van der Waals surface area contributed by atoms with Crippen LogP contribution < -0.4 is 0 Å².